The van der Waals surface area contributed by atoms with Gasteiger partial charge in [-0.1, -0.05) is 41.5 Å². The maximum absolute atomic E-state index is 13.8. The number of aryl methyl sites for hydroxylation is 4. The van der Waals surface area contributed by atoms with E-state index in [1.807, 2.05) is 44.2 Å². The highest BCUT2D eigenvalue weighted by molar-refractivity contribution is 7.98. The first-order valence-corrected chi connectivity index (χ1v) is 12.1. The predicted molar refractivity (Wildman–Crippen MR) is 122 cm³/mol. The number of hydrogen-bond donors (Lipinski definition) is 0. The molecular weight excluding hydrogens is 414 g/mol. The molecule has 0 fully saturated rings. The zero-order valence-corrected chi connectivity index (χ0v) is 18.7. The topological polar surface area (TPSA) is 60.9 Å². The number of thiophene rings is 1. The van der Waals surface area contributed by atoms with E-state index in [9.17, 15) is 4.79 Å². The number of benzene rings is 1. The number of aromatic nitrogens is 3. The van der Waals surface area contributed by atoms with E-state index < -0.39 is 0 Å². The maximum atomic E-state index is 13.8. The molecule has 5 rings (SSSR count). The number of para-hydroxylation sites is 1. The quantitative estimate of drug-likeness (QED) is 0.236. The maximum Gasteiger partial charge on any atom is 0.267 e. The first kappa shape index (κ1) is 19.6. The average molecular weight is 438 g/mol. The van der Waals surface area contributed by atoms with Gasteiger partial charge in [0.05, 0.1) is 16.8 Å². The minimum absolute atomic E-state index is 0.0480. The Morgan fingerprint density at radius 2 is 1.93 bits per heavy atom. The minimum atomic E-state index is 0.0480. The third-order valence-electron chi connectivity index (χ3n) is 5.75. The van der Waals surface area contributed by atoms with Crippen LogP contribution in [0.1, 0.15) is 46.7 Å². The Kier molecular flexibility index (Phi) is 5.25. The summed E-state index contributed by atoms with van der Waals surface area (Å²) >= 11 is 3.27. The van der Waals surface area contributed by atoms with Crippen LogP contribution in [0.2, 0.25) is 0 Å². The molecule has 3 aromatic heterocycles. The highest BCUT2D eigenvalue weighted by Gasteiger charge is 2.22. The van der Waals surface area contributed by atoms with E-state index >= 15 is 0 Å². The SMILES string of the molecule is Cc1noc(C)c1CSc1nc2sc3c(c2c(=O)n1-c1ccccc1)CCCCC3. The van der Waals surface area contributed by atoms with Gasteiger partial charge in [-0.15, -0.1) is 11.3 Å². The Morgan fingerprint density at radius 1 is 1.13 bits per heavy atom. The lowest BCUT2D eigenvalue weighted by molar-refractivity contribution is 0.392. The second-order valence-electron chi connectivity index (χ2n) is 7.71. The summed E-state index contributed by atoms with van der Waals surface area (Å²) in [6.45, 7) is 3.87. The van der Waals surface area contributed by atoms with Crippen molar-refractivity contribution in [2.75, 3.05) is 0 Å². The largest absolute Gasteiger partial charge is 0.361 e. The second kappa shape index (κ2) is 8.04. The third kappa shape index (κ3) is 3.40. The van der Waals surface area contributed by atoms with Gasteiger partial charge < -0.3 is 4.52 Å². The number of nitrogens with zero attached hydrogens (tertiary/aromatic N) is 3. The molecule has 0 spiro atoms. The summed E-state index contributed by atoms with van der Waals surface area (Å²) in [4.78, 5) is 21.0. The molecule has 1 aromatic carbocycles. The predicted octanol–water partition coefficient (Wildman–Crippen LogP) is 5.61. The lowest BCUT2D eigenvalue weighted by Crippen LogP contribution is -2.22. The molecule has 1 aliphatic rings. The summed E-state index contributed by atoms with van der Waals surface area (Å²) < 4.78 is 7.09. The zero-order chi connectivity index (χ0) is 20.7. The highest BCUT2D eigenvalue weighted by Crippen LogP contribution is 2.35. The van der Waals surface area contributed by atoms with Crippen LogP contribution in [0.15, 0.2) is 44.8 Å². The van der Waals surface area contributed by atoms with Crippen molar-refractivity contribution in [3.05, 3.63) is 68.1 Å². The van der Waals surface area contributed by atoms with Gasteiger partial charge in [0.2, 0.25) is 0 Å². The molecule has 0 saturated heterocycles. The van der Waals surface area contributed by atoms with Crippen molar-refractivity contribution < 1.29 is 4.52 Å². The third-order valence-corrected chi connectivity index (χ3v) is 7.90. The van der Waals surface area contributed by atoms with E-state index in [4.69, 9.17) is 9.51 Å². The van der Waals surface area contributed by atoms with Crippen LogP contribution < -0.4 is 5.56 Å². The highest BCUT2D eigenvalue weighted by atomic mass is 32.2. The van der Waals surface area contributed by atoms with Gasteiger partial charge in [0.1, 0.15) is 10.6 Å². The van der Waals surface area contributed by atoms with E-state index in [2.05, 4.69) is 5.16 Å². The Hall–Kier alpha value is -2.38. The molecule has 30 heavy (non-hydrogen) atoms. The van der Waals surface area contributed by atoms with Crippen molar-refractivity contribution in [3.63, 3.8) is 0 Å². The Morgan fingerprint density at radius 3 is 2.70 bits per heavy atom. The van der Waals surface area contributed by atoms with Gasteiger partial charge >= 0.3 is 0 Å². The molecule has 4 aromatic rings. The normalized spacial score (nSPS) is 14.1. The fourth-order valence-electron chi connectivity index (χ4n) is 4.11. The van der Waals surface area contributed by atoms with Crippen LogP contribution in [-0.2, 0) is 18.6 Å². The van der Waals surface area contributed by atoms with E-state index in [1.54, 1.807) is 27.7 Å². The van der Waals surface area contributed by atoms with E-state index in [0.717, 1.165) is 57.3 Å². The second-order valence-corrected chi connectivity index (χ2v) is 9.73. The molecule has 7 heteroatoms. The zero-order valence-electron chi connectivity index (χ0n) is 17.1. The van der Waals surface area contributed by atoms with Crippen LogP contribution >= 0.6 is 23.1 Å². The van der Waals surface area contributed by atoms with Crippen molar-refractivity contribution in [1.29, 1.82) is 0 Å². The van der Waals surface area contributed by atoms with Crippen molar-refractivity contribution in [2.24, 2.45) is 0 Å². The van der Waals surface area contributed by atoms with Gasteiger partial charge in [0.15, 0.2) is 5.16 Å². The molecule has 0 unspecified atom stereocenters. The molecule has 0 bridgehead atoms. The van der Waals surface area contributed by atoms with Crippen LogP contribution in [0.5, 0.6) is 0 Å². The lowest BCUT2D eigenvalue weighted by atomic mass is 10.1. The van der Waals surface area contributed by atoms with Gasteiger partial charge in [0, 0.05) is 16.2 Å². The van der Waals surface area contributed by atoms with Gasteiger partial charge in [0.25, 0.3) is 5.56 Å². The molecule has 0 N–H and O–H groups in total. The van der Waals surface area contributed by atoms with Gasteiger partial charge in [-0.2, -0.15) is 0 Å². The summed E-state index contributed by atoms with van der Waals surface area (Å²) in [7, 11) is 0. The van der Waals surface area contributed by atoms with Crippen LogP contribution in [-0.4, -0.2) is 14.7 Å². The Labute approximate surface area is 183 Å². The van der Waals surface area contributed by atoms with Crippen molar-refractivity contribution >= 4 is 33.3 Å². The number of thioether (sulfide) groups is 1. The summed E-state index contributed by atoms with van der Waals surface area (Å²) in [6.07, 6.45) is 5.61. The first-order chi connectivity index (χ1) is 14.6. The number of rotatable bonds is 4. The fraction of sp³-hybridized carbons (Fsp3) is 0.348. The number of hydrogen-bond acceptors (Lipinski definition) is 6. The standard InChI is InChI=1S/C23H23N3O2S2/c1-14-18(15(2)28-25-14)13-29-23-24-21-20(17-11-7-4-8-12-19(17)30-21)22(27)26(23)16-9-5-3-6-10-16/h3,5-6,9-10H,4,7-8,11-13H2,1-2H3. The monoisotopic (exact) mass is 437 g/mol. The first-order valence-electron chi connectivity index (χ1n) is 10.3. The van der Waals surface area contributed by atoms with Crippen LogP contribution in [0.3, 0.4) is 0 Å². The summed E-state index contributed by atoms with van der Waals surface area (Å²) in [5, 5.41) is 5.59. The fourth-order valence-corrected chi connectivity index (χ4v) is 6.58. The summed E-state index contributed by atoms with van der Waals surface area (Å²) in [6, 6.07) is 9.83. The molecular formula is C23H23N3O2S2. The average Bonchev–Trinajstić information content (AvgIpc) is 3.16. The Bertz CT molecular complexity index is 1250. The van der Waals surface area contributed by atoms with E-state index in [0.29, 0.717) is 5.75 Å². The molecule has 0 amide bonds. The van der Waals surface area contributed by atoms with Gasteiger partial charge in [-0.3, -0.25) is 9.36 Å². The van der Waals surface area contributed by atoms with Crippen molar-refractivity contribution in [3.8, 4) is 5.69 Å². The molecule has 5 nitrogen and oxygen atoms in total. The molecule has 154 valence electrons. The molecule has 3 heterocycles. The molecule has 0 saturated carbocycles. The molecule has 0 aliphatic heterocycles. The molecule has 0 radical (unpaired) electrons. The van der Waals surface area contributed by atoms with Crippen molar-refractivity contribution in [1.82, 2.24) is 14.7 Å². The Balaban J connectivity index is 1.68. The summed E-state index contributed by atoms with van der Waals surface area (Å²) in [5.41, 5.74) is 4.09. The van der Waals surface area contributed by atoms with Gasteiger partial charge in [-0.05, 0) is 57.2 Å². The van der Waals surface area contributed by atoms with Crippen molar-refractivity contribution in [2.45, 2.75) is 56.9 Å². The smallest absolute Gasteiger partial charge is 0.267 e. The number of fused-ring (bicyclic) bond motifs is 3. The van der Waals surface area contributed by atoms with Crippen LogP contribution in [0, 0.1) is 13.8 Å². The molecule has 0 atom stereocenters. The van der Waals surface area contributed by atoms with Gasteiger partial charge in [-0.25, -0.2) is 4.98 Å². The molecule has 1 aliphatic carbocycles. The van der Waals surface area contributed by atoms with E-state index in [-0.39, 0.29) is 5.56 Å². The minimum Gasteiger partial charge on any atom is -0.361 e. The van der Waals surface area contributed by atoms with Crippen LogP contribution in [0.4, 0.5) is 0 Å². The van der Waals surface area contributed by atoms with E-state index in [1.165, 1.54) is 23.3 Å². The lowest BCUT2D eigenvalue weighted by Gasteiger charge is -2.12. The summed E-state index contributed by atoms with van der Waals surface area (Å²) in [5.74, 6) is 1.48. The van der Waals surface area contributed by atoms with Crippen LogP contribution in [0.25, 0.3) is 15.9 Å².